The minimum atomic E-state index is -0.742. The summed E-state index contributed by atoms with van der Waals surface area (Å²) in [6.45, 7) is 4.66. The number of carbonyl (C=O) groups is 2. The van der Waals surface area contributed by atoms with Crippen molar-refractivity contribution in [3.05, 3.63) is 64.7 Å². The maximum Gasteiger partial charge on any atom is 0.295 e. The second kappa shape index (κ2) is 17.6. The Balaban J connectivity index is 1.63. The minimum absolute atomic E-state index is 0.0951. The summed E-state index contributed by atoms with van der Waals surface area (Å²) >= 11 is 0. The van der Waals surface area contributed by atoms with Crippen LogP contribution in [0.3, 0.4) is 0 Å². The van der Waals surface area contributed by atoms with E-state index in [2.05, 4.69) is 6.92 Å². The molecule has 0 saturated carbocycles. The van der Waals surface area contributed by atoms with Crippen molar-refractivity contribution in [2.45, 2.75) is 110 Å². The quantitative estimate of drug-likeness (QED) is 0.0781. The zero-order valence-corrected chi connectivity index (χ0v) is 26.3. The van der Waals surface area contributed by atoms with Gasteiger partial charge in [-0.05, 0) is 25.5 Å². The number of aryl methyl sites for hydroxylation is 1. The molecule has 3 rings (SSSR count). The average Bonchev–Trinajstić information content (AvgIpc) is 3.25. The fourth-order valence-electron chi connectivity index (χ4n) is 5.82. The highest BCUT2D eigenvalue weighted by Gasteiger charge is 2.46. The average molecular weight is 578 g/mol. The predicted octanol–water partition coefficient (Wildman–Crippen LogP) is 8.92. The van der Waals surface area contributed by atoms with Crippen LogP contribution in [0.4, 0.5) is 0 Å². The second-order valence-electron chi connectivity index (χ2n) is 11.6. The molecule has 1 aliphatic heterocycles. The van der Waals surface area contributed by atoms with E-state index in [1.54, 1.807) is 43.4 Å². The zero-order chi connectivity index (χ0) is 30.3. The summed E-state index contributed by atoms with van der Waals surface area (Å²) in [7, 11) is 3.13. The third-order valence-corrected chi connectivity index (χ3v) is 8.35. The number of likely N-dealkylation sites (tertiary alicyclic amines) is 1. The third kappa shape index (κ3) is 9.11. The number of unbranched alkanes of at least 4 members (excludes halogenated alkanes) is 13. The van der Waals surface area contributed by atoms with Gasteiger partial charge in [0, 0.05) is 23.7 Å². The number of aliphatic hydroxyl groups excluding tert-OH is 1. The summed E-state index contributed by atoms with van der Waals surface area (Å²) in [6, 6.07) is 11.9. The van der Waals surface area contributed by atoms with Gasteiger partial charge < -0.3 is 19.5 Å². The standard InChI is InChI=1S/C36H51NO5/c1-5-6-7-8-9-10-11-12-13-14-15-16-17-18-25-37-33(30-24-23-29(41-3)26-31(30)42-4)32(35(39)36(37)40)34(38)28-21-19-27(2)20-22-28/h19-24,26,33,38H,5-18,25H2,1-4H3/t33-/m0/s1. The smallest absolute Gasteiger partial charge is 0.295 e. The Kier molecular flexibility index (Phi) is 13.9. The lowest BCUT2D eigenvalue weighted by Crippen LogP contribution is -2.31. The molecule has 1 heterocycles. The molecule has 0 unspecified atom stereocenters. The Hall–Kier alpha value is -3.28. The van der Waals surface area contributed by atoms with Crippen molar-refractivity contribution in [1.29, 1.82) is 0 Å². The molecule has 1 atom stereocenters. The van der Waals surface area contributed by atoms with Crippen LogP contribution in [0.5, 0.6) is 11.5 Å². The number of aliphatic hydroxyl groups is 1. The first-order valence-electron chi connectivity index (χ1n) is 16.0. The first-order valence-corrected chi connectivity index (χ1v) is 16.0. The van der Waals surface area contributed by atoms with Crippen molar-refractivity contribution >= 4 is 17.4 Å². The van der Waals surface area contributed by atoms with Crippen LogP contribution in [0.15, 0.2) is 48.0 Å². The summed E-state index contributed by atoms with van der Waals surface area (Å²) in [5, 5.41) is 11.3. The number of nitrogens with zero attached hydrogens (tertiary/aromatic N) is 1. The maximum absolute atomic E-state index is 13.4. The van der Waals surface area contributed by atoms with Gasteiger partial charge in [-0.3, -0.25) is 9.59 Å². The summed E-state index contributed by atoms with van der Waals surface area (Å²) in [6.07, 6.45) is 17.5. The minimum Gasteiger partial charge on any atom is -0.507 e. The van der Waals surface area contributed by atoms with Crippen LogP contribution < -0.4 is 9.47 Å². The molecule has 6 heteroatoms. The highest BCUT2D eigenvalue weighted by molar-refractivity contribution is 6.46. The molecule has 2 aromatic carbocycles. The number of methoxy groups -OCH3 is 2. The molecule has 1 N–H and O–H groups in total. The van der Waals surface area contributed by atoms with Gasteiger partial charge in [-0.15, -0.1) is 0 Å². The van der Waals surface area contributed by atoms with Crippen molar-refractivity contribution in [3.63, 3.8) is 0 Å². The van der Waals surface area contributed by atoms with Crippen LogP contribution >= 0.6 is 0 Å². The van der Waals surface area contributed by atoms with Crippen LogP contribution in [0.25, 0.3) is 5.76 Å². The Morgan fingerprint density at radius 1 is 0.762 bits per heavy atom. The van der Waals surface area contributed by atoms with Crippen LogP contribution in [-0.2, 0) is 9.59 Å². The number of ketones is 1. The third-order valence-electron chi connectivity index (χ3n) is 8.35. The summed E-state index contributed by atoms with van der Waals surface area (Å²) in [5.74, 6) is -0.303. The van der Waals surface area contributed by atoms with Gasteiger partial charge in [-0.25, -0.2) is 0 Å². The van der Waals surface area contributed by atoms with E-state index in [1.807, 2.05) is 25.1 Å². The lowest BCUT2D eigenvalue weighted by molar-refractivity contribution is -0.139. The molecule has 1 fully saturated rings. The molecule has 42 heavy (non-hydrogen) atoms. The molecule has 0 spiro atoms. The predicted molar refractivity (Wildman–Crippen MR) is 170 cm³/mol. The van der Waals surface area contributed by atoms with Crippen LogP contribution in [-0.4, -0.2) is 42.5 Å². The molecule has 1 amide bonds. The fourth-order valence-corrected chi connectivity index (χ4v) is 5.82. The maximum atomic E-state index is 13.4. The Morgan fingerprint density at radius 2 is 1.31 bits per heavy atom. The van der Waals surface area contributed by atoms with E-state index in [0.29, 0.717) is 29.2 Å². The molecule has 0 bridgehead atoms. The van der Waals surface area contributed by atoms with Gasteiger partial charge >= 0.3 is 0 Å². The van der Waals surface area contributed by atoms with Gasteiger partial charge in [0.15, 0.2) is 0 Å². The van der Waals surface area contributed by atoms with Crippen molar-refractivity contribution in [2.75, 3.05) is 20.8 Å². The van der Waals surface area contributed by atoms with Crippen LogP contribution in [0.1, 0.15) is 120 Å². The largest absolute Gasteiger partial charge is 0.507 e. The first-order chi connectivity index (χ1) is 20.4. The van der Waals surface area contributed by atoms with Crippen molar-refractivity contribution in [1.82, 2.24) is 4.90 Å². The number of ether oxygens (including phenoxy) is 2. The van der Waals surface area contributed by atoms with E-state index in [1.165, 1.54) is 70.6 Å². The van der Waals surface area contributed by atoms with Gasteiger partial charge in [0.1, 0.15) is 17.3 Å². The lowest BCUT2D eigenvalue weighted by Gasteiger charge is -2.27. The van der Waals surface area contributed by atoms with Crippen molar-refractivity contribution < 1.29 is 24.2 Å². The lowest BCUT2D eigenvalue weighted by atomic mass is 9.94. The topological polar surface area (TPSA) is 76.1 Å². The van der Waals surface area contributed by atoms with Gasteiger partial charge in [-0.2, -0.15) is 0 Å². The highest BCUT2D eigenvalue weighted by atomic mass is 16.5. The van der Waals surface area contributed by atoms with E-state index in [0.717, 1.165) is 24.8 Å². The molecule has 0 radical (unpaired) electrons. The van der Waals surface area contributed by atoms with Gasteiger partial charge in [0.25, 0.3) is 11.7 Å². The molecule has 6 nitrogen and oxygen atoms in total. The SMILES string of the molecule is CCCCCCCCCCCCCCCCN1C(=O)C(=O)C(=C(O)c2ccc(C)cc2)[C@@H]1c1ccc(OC)cc1OC. The van der Waals surface area contributed by atoms with E-state index in [-0.39, 0.29) is 11.3 Å². The summed E-state index contributed by atoms with van der Waals surface area (Å²) < 4.78 is 11.0. The van der Waals surface area contributed by atoms with Crippen LogP contribution in [0.2, 0.25) is 0 Å². The van der Waals surface area contributed by atoms with Gasteiger partial charge in [0.2, 0.25) is 0 Å². The van der Waals surface area contributed by atoms with Gasteiger partial charge in [0.05, 0.1) is 25.8 Å². The molecule has 1 saturated heterocycles. The molecule has 230 valence electrons. The number of amides is 1. The summed E-state index contributed by atoms with van der Waals surface area (Å²) in [5.41, 5.74) is 2.29. The molecular formula is C36H51NO5. The highest BCUT2D eigenvalue weighted by Crippen LogP contribution is 2.43. The number of benzene rings is 2. The molecule has 1 aliphatic rings. The molecular weight excluding hydrogens is 526 g/mol. The zero-order valence-electron chi connectivity index (χ0n) is 26.3. The Morgan fingerprint density at radius 3 is 1.83 bits per heavy atom. The number of rotatable bonds is 19. The Bertz CT molecular complexity index is 1170. The number of hydrogen-bond acceptors (Lipinski definition) is 5. The van der Waals surface area contributed by atoms with Crippen molar-refractivity contribution in [2.24, 2.45) is 0 Å². The normalized spacial score (nSPS) is 16.3. The first kappa shape index (κ1) is 33.2. The second-order valence-corrected chi connectivity index (χ2v) is 11.6. The van der Waals surface area contributed by atoms with E-state index in [4.69, 9.17) is 9.47 Å². The number of Topliss-reactive ketones (excluding diaryl/α,β-unsaturated/α-hetero) is 1. The molecule has 2 aromatic rings. The van der Waals surface area contributed by atoms with E-state index < -0.39 is 17.7 Å². The summed E-state index contributed by atoms with van der Waals surface area (Å²) in [4.78, 5) is 28.3. The van der Waals surface area contributed by atoms with Gasteiger partial charge in [-0.1, -0.05) is 120 Å². The number of hydrogen-bond donors (Lipinski definition) is 1. The molecule has 0 aromatic heterocycles. The van der Waals surface area contributed by atoms with E-state index in [9.17, 15) is 14.7 Å². The van der Waals surface area contributed by atoms with Crippen LogP contribution in [0, 0.1) is 6.92 Å². The van der Waals surface area contributed by atoms with E-state index >= 15 is 0 Å². The monoisotopic (exact) mass is 577 g/mol. The number of carbonyl (C=O) groups excluding carboxylic acids is 2. The molecule has 0 aliphatic carbocycles. The fraction of sp³-hybridized carbons (Fsp3) is 0.556. The Labute approximate surface area is 253 Å². The van der Waals surface area contributed by atoms with Crippen molar-refractivity contribution in [3.8, 4) is 11.5 Å².